The van der Waals surface area contributed by atoms with Crippen LogP contribution in [0.5, 0.6) is 5.75 Å². The van der Waals surface area contributed by atoms with Crippen molar-refractivity contribution in [1.82, 2.24) is 10.3 Å². The Bertz CT molecular complexity index is 450. The molecule has 2 aliphatic rings. The number of ether oxygens (including phenoxy) is 1. The number of hydrogen-bond donors (Lipinski definition) is 3. The Balaban J connectivity index is 0.00000132. The number of nitrogens with zero attached hydrogens (tertiary/aromatic N) is 1. The molecular weight excluding hydrogens is 339 g/mol. The summed E-state index contributed by atoms with van der Waals surface area (Å²) in [4.78, 5) is 4.04. The number of aliphatic hydroxyl groups excluding tert-OH is 2. The normalized spacial score (nSPS) is 30.0. The van der Waals surface area contributed by atoms with Gasteiger partial charge in [-0.25, -0.2) is 0 Å². The highest BCUT2D eigenvalue weighted by molar-refractivity contribution is 5.85. The van der Waals surface area contributed by atoms with E-state index >= 15 is 0 Å². The molecule has 132 valence electrons. The van der Waals surface area contributed by atoms with E-state index in [-0.39, 0.29) is 30.2 Å². The molecule has 2 saturated carbocycles. The van der Waals surface area contributed by atoms with Crippen LogP contribution in [0.2, 0.25) is 0 Å². The maximum absolute atomic E-state index is 9.92. The van der Waals surface area contributed by atoms with E-state index in [4.69, 9.17) is 4.74 Å². The third kappa shape index (κ3) is 5.19. The van der Waals surface area contributed by atoms with Gasteiger partial charge in [0.05, 0.1) is 25.0 Å². The molecule has 23 heavy (non-hydrogen) atoms. The first-order chi connectivity index (χ1) is 10.2. The zero-order valence-corrected chi connectivity index (χ0v) is 14.7. The molecule has 3 N–H and O–H groups in total. The fourth-order valence-electron chi connectivity index (χ4n) is 3.20. The number of nitrogens with one attached hydrogen (secondary N) is 1. The molecule has 0 aliphatic heterocycles. The van der Waals surface area contributed by atoms with Crippen molar-refractivity contribution in [2.24, 2.45) is 5.41 Å². The molecule has 7 heteroatoms. The van der Waals surface area contributed by atoms with Gasteiger partial charge in [0.1, 0.15) is 5.75 Å². The third-order valence-electron chi connectivity index (χ3n) is 4.78. The van der Waals surface area contributed by atoms with Gasteiger partial charge in [-0.3, -0.25) is 4.98 Å². The smallest absolute Gasteiger partial charge is 0.137 e. The van der Waals surface area contributed by atoms with E-state index in [9.17, 15) is 10.2 Å². The van der Waals surface area contributed by atoms with Crippen LogP contribution in [0.25, 0.3) is 0 Å². The van der Waals surface area contributed by atoms with Crippen molar-refractivity contribution < 1.29 is 14.9 Å². The number of pyridine rings is 1. The lowest BCUT2D eigenvalue weighted by Crippen LogP contribution is -2.44. The Hall–Kier alpha value is -0.590. The molecule has 2 fully saturated rings. The standard InChI is InChI=1S/C16H24N2O3.2ClH/c19-14-7-16(8-15(14)20,10-18-12-3-1-4-12)11-21-13-5-2-6-17-9-13;;/h2,5-6,9,12,14-15,18-20H,1,3-4,7-8,10-11H2;2*1H/t14-,15+,16?;;. The lowest BCUT2D eigenvalue weighted by Gasteiger charge is -2.34. The van der Waals surface area contributed by atoms with Gasteiger partial charge >= 0.3 is 0 Å². The van der Waals surface area contributed by atoms with E-state index in [0.29, 0.717) is 25.5 Å². The van der Waals surface area contributed by atoms with Gasteiger partial charge in [-0.15, -0.1) is 24.8 Å². The van der Waals surface area contributed by atoms with Gasteiger partial charge in [-0.1, -0.05) is 6.42 Å². The Kier molecular flexibility index (Phi) is 8.04. The van der Waals surface area contributed by atoms with Crippen LogP contribution in [0.4, 0.5) is 0 Å². The fourth-order valence-corrected chi connectivity index (χ4v) is 3.20. The van der Waals surface area contributed by atoms with E-state index in [2.05, 4.69) is 10.3 Å². The summed E-state index contributed by atoms with van der Waals surface area (Å²) in [5.41, 5.74) is -0.204. The molecule has 1 aromatic rings. The quantitative estimate of drug-likeness (QED) is 0.719. The molecule has 0 bridgehead atoms. The zero-order valence-electron chi connectivity index (χ0n) is 13.1. The van der Waals surface area contributed by atoms with Crippen LogP contribution in [0.3, 0.4) is 0 Å². The van der Waals surface area contributed by atoms with Crippen molar-refractivity contribution in [2.45, 2.75) is 50.4 Å². The molecule has 1 aromatic heterocycles. The highest BCUT2D eigenvalue weighted by Crippen LogP contribution is 2.39. The minimum atomic E-state index is -0.648. The summed E-state index contributed by atoms with van der Waals surface area (Å²) in [6, 6.07) is 4.31. The molecule has 1 heterocycles. The highest BCUT2D eigenvalue weighted by atomic mass is 35.5. The van der Waals surface area contributed by atoms with Crippen LogP contribution < -0.4 is 10.1 Å². The maximum Gasteiger partial charge on any atom is 0.137 e. The van der Waals surface area contributed by atoms with Gasteiger partial charge in [0.15, 0.2) is 0 Å². The molecule has 1 unspecified atom stereocenters. The Morgan fingerprint density at radius 1 is 1.22 bits per heavy atom. The molecule has 0 amide bonds. The van der Waals surface area contributed by atoms with Crippen LogP contribution in [0.15, 0.2) is 24.5 Å². The second-order valence-corrected chi connectivity index (χ2v) is 6.53. The molecule has 0 spiro atoms. The predicted molar refractivity (Wildman–Crippen MR) is 93.6 cm³/mol. The first-order valence-electron chi connectivity index (χ1n) is 7.79. The van der Waals surface area contributed by atoms with E-state index in [1.807, 2.05) is 12.1 Å². The van der Waals surface area contributed by atoms with Crippen LogP contribution >= 0.6 is 24.8 Å². The van der Waals surface area contributed by atoms with Gasteiger partial charge < -0.3 is 20.3 Å². The van der Waals surface area contributed by atoms with Gasteiger partial charge in [0.25, 0.3) is 0 Å². The number of rotatable bonds is 6. The Morgan fingerprint density at radius 3 is 2.43 bits per heavy atom. The molecule has 3 atom stereocenters. The second kappa shape index (κ2) is 9.04. The lowest BCUT2D eigenvalue weighted by molar-refractivity contribution is 0.0438. The SMILES string of the molecule is Cl.Cl.O[C@@H]1CC(CNC2CCC2)(COc2cccnc2)C[C@@H]1O. The van der Waals surface area contributed by atoms with Gasteiger partial charge in [0.2, 0.25) is 0 Å². The van der Waals surface area contributed by atoms with Crippen LogP contribution in [0, 0.1) is 5.41 Å². The number of aliphatic hydroxyl groups is 2. The summed E-state index contributed by atoms with van der Waals surface area (Å²) < 4.78 is 5.85. The van der Waals surface area contributed by atoms with E-state index in [1.165, 1.54) is 19.3 Å². The first-order valence-corrected chi connectivity index (χ1v) is 7.79. The summed E-state index contributed by atoms with van der Waals surface area (Å²) in [6.07, 6.45) is 7.01. The summed E-state index contributed by atoms with van der Waals surface area (Å²) >= 11 is 0. The molecule has 5 nitrogen and oxygen atoms in total. The van der Waals surface area contributed by atoms with Crippen molar-refractivity contribution in [3.05, 3.63) is 24.5 Å². The fraction of sp³-hybridized carbons (Fsp3) is 0.688. The summed E-state index contributed by atoms with van der Waals surface area (Å²) in [6.45, 7) is 1.28. The average molecular weight is 365 g/mol. The molecule has 2 aliphatic carbocycles. The molecular formula is C16H26Cl2N2O3. The van der Waals surface area contributed by atoms with E-state index in [0.717, 1.165) is 12.3 Å². The third-order valence-corrected chi connectivity index (χ3v) is 4.78. The average Bonchev–Trinajstić information content (AvgIpc) is 2.72. The summed E-state index contributed by atoms with van der Waals surface area (Å²) in [5.74, 6) is 0.733. The van der Waals surface area contributed by atoms with Gasteiger partial charge in [-0.05, 0) is 37.8 Å². The van der Waals surface area contributed by atoms with Gasteiger partial charge in [0, 0.05) is 24.2 Å². The molecule has 0 aromatic carbocycles. The molecule has 3 rings (SSSR count). The number of aromatic nitrogens is 1. The number of halogens is 2. The maximum atomic E-state index is 9.92. The molecule has 0 radical (unpaired) electrons. The summed E-state index contributed by atoms with van der Waals surface area (Å²) in [7, 11) is 0. The predicted octanol–water partition coefficient (Wildman–Crippen LogP) is 1.95. The van der Waals surface area contributed by atoms with Crippen molar-refractivity contribution in [3.63, 3.8) is 0 Å². The minimum absolute atomic E-state index is 0. The second-order valence-electron chi connectivity index (χ2n) is 6.53. The van der Waals surface area contributed by atoms with E-state index in [1.54, 1.807) is 12.4 Å². The van der Waals surface area contributed by atoms with Crippen LogP contribution in [0.1, 0.15) is 32.1 Å². The van der Waals surface area contributed by atoms with Crippen molar-refractivity contribution in [3.8, 4) is 5.75 Å². The van der Waals surface area contributed by atoms with Crippen molar-refractivity contribution >= 4 is 24.8 Å². The Labute approximate surface area is 149 Å². The zero-order chi connectivity index (χ0) is 14.7. The van der Waals surface area contributed by atoms with Crippen molar-refractivity contribution in [2.75, 3.05) is 13.2 Å². The van der Waals surface area contributed by atoms with Crippen LogP contribution in [-0.2, 0) is 0 Å². The lowest BCUT2D eigenvalue weighted by atomic mass is 9.85. The Morgan fingerprint density at radius 2 is 1.91 bits per heavy atom. The number of hydrogen-bond acceptors (Lipinski definition) is 5. The topological polar surface area (TPSA) is 74.6 Å². The minimum Gasteiger partial charge on any atom is -0.491 e. The van der Waals surface area contributed by atoms with Crippen LogP contribution in [-0.4, -0.2) is 46.6 Å². The highest BCUT2D eigenvalue weighted by Gasteiger charge is 2.45. The molecule has 0 saturated heterocycles. The van der Waals surface area contributed by atoms with Gasteiger partial charge in [-0.2, -0.15) is 0 Å². The monoisotopic (exact) mass is 364 g/mol. The van der Waals surface area contributed by atoms with E-state index < -0.39 is 12.2 Å². The first kappa shape index (κ1) is 20.5. The largest absolute Gasteiger partial charge is 0.491 e. The van der Waals surface area contributed by atoms with Crippen molar-refractivity contribution in [1.29, 1.82) is 0 Å². The summed E-state index contributed by atoms with van der Waals surface area (Å²) in [5, 5.41) is 23.4.